The van der Waals surface area contributed by atoms with Crippen LogP contribution in [0, 0.1) is 0 Å². The van der Waals surface area contributed by atoms with Crippen LogP contribution in [0.1, 0.15) is 5.56 Å². The van der Waals surface area contributed by atoms with Crippen LogP contribution in [-0.4, -0.2) is 27.2 Å². The number of rotatable bonds is 3. The van der Waals surface area contributed by atoms with Crippen LogP contribution in [0.4, 0.5) is 5.95 Å². The minimum absolute atomic E-state index is 0.126. The summed E-state index contributed by atoms with van der Waals surface area (Å²) in [6.07, 6.45) is 2.93. The average molecular weight is 345 g/mol. The van der Waals surface area contributed by atoms with Gasteiger partial charge in [-0.05, 0) is 39.7 Å². The van der Waals surface area contributed by atoms with Gasteiger partial charge in [-0.1, -0.05) is 18.2 Å². The lowest BCUT2D eigenvalue weighted by Crippen LogP contribution is -2.24. The van der Waals surface area contributed by atoms with Crippen LogP contribution in [0.15, 0.2) is 47.1 Å². The number of para-hydroxylation sites is 1. The topological polar surface area (TPSA) is 51.5 Å². The van der Waals surface area contributed by atoms with E-state index in [1.54, 1.807) is 4.52 Å². The lowest BCUT2D eigenvalue weighted by Gasteiger charge is -2.10. The molecule has 0 saturated carbocycles. The van der Waals surface area contributed by atoms with Crippen LogP contribution < -0.4 is 10.1 Å². The third kappa shape index (κ3) is 2.47. The summed E-state index contributed by atoms with van der Waals surface area (Å²) in [5, 5.41) is 7.64. The Morgan fingerprint density at radius 1 is 1.29 bits per heavy atom. The summed E-state index contributed by atoms with van der Waals surface area (Å²) in [6.45, 7) is 0.687. The Morgan fingerprint density at radius 2 is 2.19 bits per heavy atom. The van der Waals surface area contributed by atoms with E-state index in [9.17, 15) is 0 Å². The lowest BCUT2D eigenvalue weighted by atomic mass is 10.1. The van der Waals surface area contributed by atoms with Gasteiger partial charge in [-0.25, -0.2) is 4.52 Å². The number of nitrogens with one attached hydrogen (secondary N) is 1. The molecule has 0 fully saturated rings. The fraction of sp³-hybridized carbons (Fsp3) is 0.200. The molecule has 3 heterocycles. The number of pyridine rings is 1. The number of halogens is 1. The molecule has 6 heteroatoms. The quantitative estimate of drug-likeness (QED) is 0.793. The molecule has 0 radical (unpaired) electrons. The first-order valence-corrected chi connectivity index (χ1v) is 7.57. The fourth-order valence-electron chi connectivity index (χ4n) is 2.51. The van der Waals surface area contributed by atoms with Gasteiger partial charge < -0.3 is 10.1 Å². The third-order valence-electron chi connectivity index (χ3n) is 3.50. The minimum atomic E-state index is 0.126. The van der Waals surface area contributed by atoms with Gasteiger partial charge in [0.1, 0.15) is 11.9 Å². The summed E-state index contributed by atoms with van der Waals surface area (Å²) < 4.78 is 8.61. The Bertz CT molecular complexity index is 776. The largest absolute Gasteiger partial charge is 0.488 e. The lowest BCUT2D eigenvalue weighted by molar-refractivity contribution is 0.246. The second kappa shape index (κ2) is 5.04. The number of hydrogen-bond acceptors (Lipinski definition) is 4. The zero-order valence-corrected chi connectivity index (χ0v) is 12.7. The number of benzene rings is 1. The van der Waals surface area contributed by atoms with Gasteiger partial charge in [-0.15, -0.1) is 5.10 Å². The van der Waals surface area contributed by atoms with Gasteiger partial charge in [0.25, 0.3) is 0 Å². The van der Waals surface area contributed by atoms with Crippen molar-refractivity contribution in [3.8, 4) is 5.75 Å². The van der Waals surface area contributed by atoms with Gasteiger partial charge in [-0.3, -0.25) is 0 Å². The van der Waals surface area contributed by atoms with Crippen molar-refractivity contribution < 1.29 is 4.74 Å². The highest BCUT2D eigenvalue weighted by molar-refractivity contribution is 9.10. The van der Waals surface area contributed by atoms with Crippen LogP contribution in [0.5, 0.6) is 5.75 Å². The molecule has 1 aromatic carbocycles. The molecule has 5 nitrogen and oxygen atoms in total. The fourth-order valence-corrected chi connectivity index (χ4v) is 2.83. The van der Waals surface area contributed by atoms with E-state index in [2.05, 4.69) is 37.4 Å². The Balaban J connectivity index is 1.45. The molecule has 3 aromatic rings. The zero-order valence-electron chi connectivity index (χ0n) is 11.2. The molecule has 21 heavy (non-hydrogen) atoms. The maximum atomic E-state index is 5.89. The van der Waals surface area contributed by atoms with E-state index < -0.39 is 0 Å². The molecule has 0 spiro atoms. The number of ether oxygens (including phenoxy) is 1. The molecule has 1 aliphatic heterocycles. The summed E-state index contributed by atoms with van der Waals surface area (Å²) in [5.41, 5.74) is 2.08. The Labute approximate surface area is 130 Å². The summed E-state index contributed by atoms with van der Waals surface area (Å²) in [4.78, 5) is 4.43. The average Bonchev–Trinajstić information content (AvgIpc) is 3.07. The predicted octanol–water partition coefficient (Wildman–Crippen LogP) is 2.91. The van der Waals surface area contributed by atoms with Crippen molar-refractivity contribution in [1.82, 2.24) is 14.6 Å². The van der Waals surface area contributed by atoms with Gasteiger partial charge in [0, 0.05) is 17.1 Å². The monoisotopic (exact) mass is 344 g/mol. The maximum Gasteiger partial charge on any atom is 0.243 e. The smallest absolute Gasteiger partial charge is 0.243 e. The van der Waals surface area contributed by atoms with Gasteiger partial charge in [0.2, 0.25) is 5.95 Å². The number of hydrogen-bond donors (Lipinski definition) is 1. The Kier molecular flexibility index (Phi) is 3.03. The van der Waals surface area contributed by atoms with Crippen LogP contribution in [0.25, 0.3) is 5.65 Å². The van der Waals surface area contributed by atoms with E-state index in [0.717, 1.165) is 22.3 Å². The van der Waals surface area contributed by atoms with Gasteiger partial charge in [-0.2, -0.15) is 4.98 Å². The van der Waals surface area contributed by atoms with Crippen LogP contribution >= 0.6 is 15.9 Å². The van der Waals surface area contributed by atoms with Crippen molar-refractivity contribution in [1.29, 1.82) is 0 Å². The Hall–Kier alpha value is -2.08. The first kappa shape index (κ1) is 12.6. The number of fused-ring (bicyclic) bond motifs is 2. The number of nitrogens with zero attached hydrogens (tertiary/aromatic N) is 3. The molecular formula is C15H13BrN4O. The predicted molar refractivity (Wildman–Crippen MR) is 83.7 cm³/mol. The molecule has 2 aromatic heterocycles. The molecule has 1 unspecified atom stereocenters. The second-order valence-corrected chi connectivity index (χ2v) is 5.93. The highest BCUT2D eigenvalue weighted by atomic mass is 79.9. The molecule has 0 aliphatic carbocycles. The van der Waals surface area contributed by atoms with Gasteiger partial charge in [0.05, 0.1) is 6.54 Å². The van der Waals surface area contributed by atoms with Crippen molar-refractivity contribution in [2.24, 2.45) is 0 Å². The second-order valence-electron chi connectivity index (χ2n) is 5.02. The zero-order chi connectivity index (χ0) is 14.2. The first-order chi connectivity index (χ1) is 10.3. The van der Waals surface area contributed by atoms with Crippen molar-refractivity contribution in [3.05, 3.63) is 52.6 Å². The van der Waals surface area contributed by atoms with E-state index in [4.69, 9.17) is 4.74 Å². The maximum absolute atomic E-state index is 5.89. The molecule has 0 amide bonds. The van der Waals surface area contributed by atoms with Crippen molar-refractivity contribution in [3.63, 3.8) is 0 Å². The SMILES string of the molecule is Brc1ccc2nc(NCC3Cc4ccccc4O3)nn2c1. The van der Waals surface area contributed by atoms with Crippen LogP contribution in [0.2, 0.25) is 0 Å². The standard InChI is InChI=1S/C15H13BrN4O/c16-11-5-6-14-18-15(19-20(14)9-11)17-8-12-7-10-3-1-2-4-13(10)21-12/h1-6,9,12H,7-8H2,(H,17,19). The first-order valence-electron chi connectivity index (χ1n) is 6.78. The molecule has 4 rings (SSSR count). The third-order valence-corrected chi connectivity index (χ3v) is 3.97. The molecule has 106 valence electrons. The van der Waals surface area contributed by atoms with Crippen molar-refractivity contribution in [2.75, 3.05) is 11.9 Å². The highest BCUT2D eigenvalue weighted by Gasteiger charge is 2.22. The molecular weight excluding hydrogens is 332 g/mol. The summed E-state index contributed by atoms with van der Waals surface area (Å²) in [5.74, 6) is 1.60. The van der Waals surface area contributed by atoms with Crippen LogP contribution in [-0.2, 0) is 6.42 Å². The molecule has 0 saturated heterocycles. The summed E-state index contributed by atoms with van der Waals surface area (Å²) in [7, 11) is 0. The van der Waals surface area contributed by atoms with Crippen molar-refractivity contribution >= 4 is 27.5 Å². The normalized spacial score (nSPS) is 16.7. The number of anilines is 1. The van der Waals surface area contributed by atoms with Gasteiger partial charge >= 0.3 is 0 Å². The molecule has 1 atom stereocenters. The summed E-state index contributed by atoms with van der Waals surface area (Å²) in [6, 6.07) is 12.0. The Morgan fingerprint density at radius 3 is 3.10 bits per heavy atom. The summed E-state index contributed by atoms with van der Waals surface area (Å²) >= 11 is 3.42. The molecule has 1 aliphatic rings. The van der Waals surface area contributed by atoms with Crippen molar-refractivity contribution in [2.45, 2.75) is 12.5 Å². The van der Waals surface area contributed by atoms with E-state index >= 15 is 0 Å². The van der Waals surface area contributed by atoms with Crippen LogP contribution in [0.3, 0.4) is 0 Å². The highest BCUT2D eigenvalue weighted by Crippen LogP contribution is 2.28. The molecule has 0 bridgehead atoms. The van der Waals surface area contributed by atoms with E-state index in [1.165, 1.54) is 5.56 Å². The van der Waals surface area contributed by atoms with E-state index in [1.807, 2.05) is 36.5 Å². The number of aromatic nitrogens is 3. The van der Waals surface area contributed by atoms with Gasteiger partial charge in [0.15, 0.2) is 5.65 Å². The van der Waals surface area contributed by atoms with E-state index in [-0.39, 0.29) is 6.10 Å². The van der Waals surface area contributed by atoms with E-state index in [0.29, 0.717) is 12.5 Å². The minimum Gasteiger partial charge on any atom is -0.488 e. The molecule has 1 N–H and O–H groups in total.